The van der Waals surface area contributed by atoms with Crippen LogP contribution in [0.15, 0.2) is 65.5 Å². The van der Waals surface area contributed by atoms with Gasteiger partial charge in [0.25, 0.3) is 5.56 Å². The summed E-state index contributed by atoms with van der Waals surface area (Å²) in [6.07, 6.45) is 3.34. The van der Waals surface area contributed by atoms with Crippen LogP contribution in [0.25, 0.3) is 11.4 Å². The maximum absolute atomic E-state index is 13.7. The fourth-order valence-electron chi connectivity index (χ4n) is 4.92. The Morgan fingerprint density at radius 1 is 0.966 bits per heavy atom. The molecule has 2 aromatic carbocycles. The highest BCUT2D eigenvalue weighted by Crippen LogP contribution is 2.51. The number of benzene rings is 2. The number of fused-ring (bicyclic) bond motifs is 2. The van der Waals surface area contributed by atoms with Crippen LogP contribution in [0.5, 0.6) is 0 Å². The molecule has 2 heterocycles. The summed E-state index contributed by atoms with van der Waals surface area (Å²) in [7, 11) is 0. The van der Waals surface area contributed by atoms with Gasteiger partial charge in [-0.25, -0.2) is 4.98 Å². The van der Waals surface area contributed by atoms with Crippen molar-refractivity contribution in [3.8, 4) is 11.4 Å². The molecule has 146 valence electrons. The zero-order chi connectivity index (χ0) is 20.0. The molecule has 0 radical (unpaired) electrons. The standard InChI is InChI=1S/C24H23N3O2/c1-16(17-10-4-2-5-11-17)27-21-19(24(23(27)29)14-8-9-15-24)22(28)26-20(25-21)18-12-6-3-7-13-18/h2-7,10-13,16H,8-9,14-15H2,1H3,(H,25,26,28)/t16-/m1/s1. The van der Waals surface area contributed by atoms with Crippen LogP contribution >= 0.6 is 0 Å². The first-order chi connectivity index (χ1) is 14.1. The topological polar surface area (TPSA) is 66.1 Å². The number of amides is 1. The van der Waals surface area contributed by atoms with E-state index in [2.05, 4.69) is 4.98 Å². The SMILES string of the molecule is C[C@H](c1ccccc1)N1C(=O)C2(CCCC2)c2c1nc(-c1ccccc1)[nH]c2=O. The molecule has 1 amide bonds. The largest absolute Gasteiger partial charge is 0.306 e. The summed E-state index contributed by atoms with van der Waals surface area (Å²) >= 11 is 0. The van der Waals surface area contributed by atoms with Crippen LogP contribution in [0.3, 0.4) is 0 Å². The summed E-state index contributed by atoms with van der Waals surface area (Å²) in [5, 5.41) is 0. The molecule has 0 saturated heterocycles. The summed E-state index contributed by atoms with van der Waals surface area (Å²) in [5.41, 5.74) is 1.51. The summed E-state index contributed by atoms with van der Waals surface area (Å²) in [4.78, 5) is 36.5. The number of anilines is 1. The quantitative estimate of drug-likeness (QED) is 0.729. The van der Waals surface area contributed by atoms with E-state index in [0.717, 1.165) is 24.0 Å². The summed E-state index contributed by atoms with van der Waals surface area (Å²) in [5.74, 6) is 1.04. The minimum absolute atomic E-state index is 0.0181. The Bertz CT molecular complexity index is 1120. The van der Waals surface area contributed by atoms with Gasteiger partial charge >= 0.3 is 0 Å². The molecule has 1 spiro atoms. The van der Waals surface area contributed by atoms with E-state index in [-0.39, 0.29) is 17.5 Å². The Hall–Kier alpha value is -3.21. The first-order valence-electron chi connectivity index (χ1n) is 10.2. The number of hydrogen-bond donors (Lipinski definition) is 1. The Balaban J connectivity index is 1.72. The molecule has 1 aliphatic carbocycles. The zero-order valence-corrected chi connectivity index (χ0v) is 16.4. The van der Waals surface area contributed by atoms with Crippen LogP contribution in [0, 0.1) is 0 Å². The number of aromatic nitrogens is 2. The Morgan fingerprint density at radius 2 is 1.59 bits per heavy atom. The van der Waals surface area contributed by atoms with Crippen molar-refractivity contribution in [2.45, 2.75) is 44.1 Å². The highest BCUT2D eigenvalue weighted by molar-refractivity contribution is 6.08. The number of hydrogen-bond acceptors (Lipinski definition) is 3. The number of nitrogens with one attached hydrogen (secondary N) is 1. The lowest BCUT2D eigenvalue weighted by molar-refractivity contribution is -0.123. The second-order valence-electron chi connectivity index (χ2n) is 8.03. The van der Waals surface area contributed by atoms with E-state index < -0.39 is 5.41 Å². The average Bonchev–Trinajstić information content (AvgIpc) is 3.33. The predicted molar refractivity (Wildman–Crippen MR) is 113 cm³/mol. The van der Waals surface area contributed by atoms with Gasteiger partial charge in [0, 0.05) is 5.56 Å². The second-order valence-corrected chi connectivity index (χ2v) is 8.03. The van der Waals surface area contributed by atoms with Crippen molar-refractivity contribution in [2.75, 3.05) is 4.90 Å². The normalized spacial score (nSPS) is 18.2. The fraction of sp³-hybridized carbons (Fsp3) is 0.292. The Labute approximate surface area is 169 Å². The van der Waals surface area contributed by atoms with E-state index in [0.29, 0.717) is 30.0 Å². The zero-order valence-electron chi connectivity index (χ0n) is 16.4. The lowest BCUT2D eigenvalue weighted by atomic mass is 9.81. The molecule has 5 heteroatoms. The van der Waals surface area contributed by atoms with Gasteiger partial charge in [0.15, 0.2) is 0 Å². The van der Waals surface area contributed by atoms with E-state index in [1.807, 2.05) is 67.6 Å². The number of rotatable bonds is 3. The molecule has 0 bridgehead atoms. The highest BCUT2D eigenvalue weighted by atomic mass is 16.2. The summed E-state index contributed by atoms with van der Waals surface area (Å²) < 4.78 is 0. The lowest BCUT2D eigenvalue weighted by Crippen LogP contribution is -2.41. The molecule has 1 atom stereocenters. The van der Waals surface area contributed by atoms with Crippen molar-refractivity contribution in [1.29, 1.82) is 0 Å². The Morgan fingerprint density at radius 3 is 2.24 bits per heavy atom. The van der Waals surface area contributed by atoms with Gasteiger partial charge in [0.2, 0.25) is 5.91 Å². The van der Waals surface area contributed by atoms with Crippen molar-refractivity contribution < 1.29 is 4.79 Å². The number of carbonyl (C=O) groups is 1. The number of H-pyrrole nitrogens is 1. The van der Waals surface area contributed by atoms with Gasteiger partial charge in [-0.2, -0.15) is 0 Å². The van der Waals surface area contributed by atoms with Crippen molar-refractivity contribution in [3.63, 3.8) is 0 Å². The molecule has 1 N–H and O–H groups in total. The molecule has 5 rings (SSSR count). The van der Waals surface area contributed by atoms with Gasteiger partial charge < -0.3 is 4.98 Å². The smallest absolute Gasteiger partial charge is 0.257 e. The maximum atomic E-state index is 13.7. The molecule has 0 unspecified atom stereocenters. The minimum Gasteiger partial charge on any atom is -0.306 e. The monoisotopic (exact) mass is 385 g/mol. The third-order valence-corrected chi connectivity index (χ3v) is 6.41. The molecule has 3 aromatic rings. The third kappa shape index (κ3) is 2.64. The molecule has 5 nitrogen and oxygen atoms in total. The molecule has 2 aliphatic rings. The number of aromatic amines is 1. The molecule has 1 fully saturated rings. The van der Waals surface area contributed by atoms with Gasteiger partial charge in [0.1, 0.15) is 11.6 Å². The average molecular weight is 385 g/mol. The fourth-order valence-corrected chi connectivity index (χ4v) is 4.92. The highest BCUT2D eigenvalue weighted by Gasteiger charge is 2.56. The van der Waals surface area contributed by atoms with Crippen molar-refractivity contribution in [2.24, 2.45) is 0 Å². The number of nitrogens with zero attached hydrogens (tertiary/aromatic N) is 2. The maximum Gasteiger partial charge on any atom is 0.257 e. The molecular weight excluding hydrogens is 362 g/mol. The van der Waals surface area contributed by atoms with Crippen LogP contribution in [-0.2, 0) is 10.2 Å². The molecule has 1 aliphatic heterocycles. The second kappa shape index (κ2) is 6.69. The van der Waals surface area contributed by atoms with Crippen molar-refractivity contribution >= 4 is 11.7 Å². The minimum atomic E-state index is -0.728. The van der Waals surface area contributed by atoms with E-state index >= 15 is 0 Å². The summed E-state index contributed by atoms with van der Waals surface area (Å²) in [6.45, 7) is 2.01. The van der Waals surface area contributed by atoms with Gasteiger partial charge in [-0.1, -0.05) is 73.5 Å². The predicted octanol–water partition coefficient (Wildman–Crippen LogP) is 4.36. The van der Waals surface area contributed by atoms with Gasteiger partial charge in [-0.15, -0.1) is 0 Å². The molecule has 1 saturated carbocycles. The van der Waals surface area contributed by atoms with E-state index in [1.54, 1.807) is 4.90 Å². The molecular formula is C24H23N3O2. The first-order valence-corrected chi connectivity index (χ1v) is 10.2. The van der Waals surface area contributed by atoms with Gasteiger partial charge in [-0.3, -0.25) is 14.5 Å². The van der Waals surface area contributed by atoms with Crippen molar-refractivity contribution in [3.05, 3.63) is 82.1 Å². The lowest BCUT2D eigenvalue weighted by Gasteiger charge is -2.27. The van der Waals surface area contributed by atoms with Gasteiger partial charge in [0.05, 0.1) is 17.0 Å². The third-order valence-electron chi connectivity index (χ3n) is 6.41. The molecule has 1 aromatic heterocycles. The van der Waals surface area contributed by atoms with Crippen LogP contribution in [0.2, 0.25) is 0 Å². The van der Waals surface area contributed by atoms with E-state index in [4.69, 9.17) is 4.98 Å². The molecule has 29 heavy (non-hydrogen) atoms. The van der Waals surface area contributed by atoms with E-state index in [1.165, 1.54) is 0 Å². The number of carbonyl (C=O) groups excluding carboxylic acids is 1. The van der Waals surface area contributed by atoms with Gasteiger partial charge in [-0.05, 0) is 25.3 Å². The summed E-state index contributed by atoms with van der Waals surface area (Å²) in [6, 6.07) is 19.3. The Kier molecular flexibility index (Phi) is 4.12. The van der Waals surface area contributed by atoms with Crippen LogP contribution in [-0.4, -0.2) is 15.9 Å². The van der Waals surface area contributed by atoms with Crippen molar-refractivity contribution in [1.82, 2.24) is 9.97 Å². The van der Waals surface area contributed by atoms with Crippen LogP contribution in [0.1, 0.15) is 49.8 Å². The first kappa shape index (κ1) is 17.9. The van der Waals surface area contributed by atoms with E-state index in [9.17, 15) is 9.59 Å². The van der Waals surface area contributed by atoms with Crippen LogP contribution in [0.4, 0.5) is 5.82 Å². The van der Waals surface area contributed by atoms with Crippen LogP contribution < -0.4 is 10.5 Å².